The highest BCUT2D eigenvalue weighted by molar-refractivity contribution is 7.14. The molecule has 0 aromatic carbocycles. The summed E-state index contributed by atoms with van der Waals surface area (Å²) in [6.45, 7) is 6.57. The second kappa shape index (κ2) is 4.33. The minimum Gasteiger partial charge on any atom is -0.293 e. The molecule has 1 heterocycles. The Morgan fingerprint density at radius 1 is 1.38 bits per heavy atom. The Kier molecular flexibility index (Phi) is 3.20. The summed E-state index contributed by atoms with van der Waals surface area (Å²) in [6.07, 6.45) is 5.32. The molecule has 0 unspecified atom stereocenters. The van der Waals surface area contributed by atoms with Crippen LogP contribution in [0.1, 0.15) is 60.1 Å². The van der Waals surface area contributed by atoms with Gasteiger partial charge in [-0.15, -0.1) is 11.3 Å². The molecule has 0 amide bonds. The zero-order valence-corrected chi connectivity index (χ0v) is 11.2. The summed E-state index contributed by atoms with van der Waals surface area (Å²) in [5.74, 6) is 0.342. The summed E-state index contributed by atoms with van der Waals surface area (Å²) < 4.78 is 0. The number of ketones is 1. The Bertz CT molecular complexity index is 374. The van der Waals surface area contributed by atoms with E-state index in [1.807, 2.05) is 0 Å². The number of Topliss-reactive ketones (excluding diaryl/α,β-unsaturated/α-hetero) is 1. The SMILES string of the molecule is CC(C)(C)CCC(=O)c1cc2c(s1)CCC2. The van der Waals surface area contributed by atoms with Crippen molar-refractivity contribution in [1.82, 2.24) is 0 Å². The minimum absolute atomic E-state index is 0.260. The Hall–Kier alpha value is -0.630. The quantitative estimate of drug-likeness (QED) is 0.717. The van der Waals surface area contributed by atoms with Crippen LogP contribution in [0.3, 0.4) is 0 Å². The van der Waals surface area contributed by atoms with Gasteiger partial charge in [-0.2, -0.15) is 0 Å². The lowest BCUT2D eigenvalue weighted by Crippen LogP contribution is -2.08. The average Bonchev–Trinajstić information content (AvgIpc) is 2.71. The maximum atomic E-state index is 12.0. The fourth-order valence-electron chi connectivity index (χ4n) is 2.08. The molecular formula is C14H20OS. The van der Waals surface area contributed by atoms with Crippen LogP contribution in [0.5, 0.6) is 0 Å². The smallest absolute Gasteiger partial charge is 0.172 e. The molecule has 1 nitrogen and oxygen atoms in total. The monoisotopic (exact) mass is 236 g/mol. The van der Waals surface area contributed by atoms with Crippen LogP contribution in [-0.4, -0.2) is 5.78 Å². The second-order valence-electron chi connectivity index (χ2n) is 5.90. The summed E-state index contributed by atoms with van der Waals surface area (Å²) in [4.78, 5) is 14.5. The van der Waals surface area contributed by atoms with E-state index in [1.165, 1.54) is 29.7 Å². The highest BCUT2D eigenvalue weighted by Gasteiger charge is 2.19. The van der Waals surface area contributed by atoms with Crippen molar-refractivity contribution in [1.29, 1.82) is 0 Å². The van der Waals surface area contributed by atoms with Crippen molar-refractivity contribution >= 4 is 17.1 Å². The molecule has 0 bridgehead atoms. The van der Waals surface area contributed by atoms with Crippen LogP contribution in [0.2, 0.25) is 0 Å². The van der Waals surface area contributed by atoms with E-state index in [2.05, 4.69) is 26.8 Å². The van der Waals surface area contributed by atoms with Crippen molar-refractivity contribution in [2.45, 2.75) is 52.9 Å². The van der Waals surface area contributed by atoms with E-state index in [4.69, 9.17) is 0 Å². The molecule has 0 radical (unpaired) electrons. The van der Waals surface area contributed by atoms with Gasteiger partial charge in [0.05, 0.1) is 4.88 Å². The van der Waals surface area contributed by atoms with Crippen molar-refractivity contribution in [2.24, 2.45) is 5.41 Å². The molecule has 2 rings (SSSR count). The summed E-state index contributed by atoms with van der Waals surface area (Å²) in [7, 11) is 0. The van der Waals surface area contributed by atoms with Gasteiger partial charge < -0.3 is 0 Å². The number of carbonyl (C=O) groups is 1. The van der Waals surface area contributed by atoms with Crippen molar-refractivity contribution in [2.75, 3.05) is 0 Å². The van der Waals surface area contributed by atoms with Crippen LogP contribution in [0, 0.1) is 5.41 Å². The average molecular weight is 236 g/mol. The first-order valence-electron chi connectivity index (χ1n) is 6.10. The molecule has 0 saturated carbocycles. The normalized spacial score (nSPS) is 15.2. The van der Waals surface area contributed by atoms with Gasteiger partial charge in [0.1, 0.15) is 0 Å². The lowest BCUT2D eigenvalue weighted by molar-refractivity contribution is 0.0970. The van der Waals surface area contributed by atoms with E-state index >= 15 is 0 Å². The molecule has 0 spiro atoms. The van der Waals surface area contributed by atoms with Crippen molar-refractivity contribution in [3.63, 3.8) is 0 Å². The number of thiophene rings is 1. The third-order valence-electron chi connectivity index (χ3n) is 3.12. The summed E-state index contributed by atoms with van der Waals surface area (Å²) in [6, 6.07) is 2.14. The molecule has 1 aromatic heterocycles. The number of rotatable bonds is 3. The van der Waals surface area contributed by atoms with Gasteiger partial charge in [-0.1, -0.05) is 20.8 Å². The molecule has 0 atom stereocenters. The molecular weight excluding hydrogens is 216 g/mol. The van der Waals surface area contributed by atoms with E-state index in [1.54, 1.807) is 11.3 Å². The topological polar surface area (TPSA) is 17.1 Å². The maximum absolute atomic E-state index is 12.0. The van der Waals surface area contributed by atoms with Gasteiger partial charge in [-0.05, 0) is 42.7 Å². The van der Waals surface area contributed by atoms with Crippen molar-refractivity contribution in [3.8, 4) is 0 Å². The molecule has 16 heavy (non-hydrogen) atoms. The number of carbonyl (C=O) groups excluding carboxylic acids is 1. The zero-order chi connectivity index (χ0) is 11.8. The highest BCUT2D eigenvalue weighted by Crippen LogP contribution is 2.32. The predicted molar refractivity (Wildman–Crippen MR) is 69.4 cm³/mol. The molecule has 0 N–H and O–H groups in total. The van der Waals surface area contributed by atoms with E-state index < -0.39 is 0 Å². The Morgan fingerprint density at radius 3 is 2.75 bits per heavy atom. The Morgan fingerprint density at radius 2 is 2.12 bits per heavy atom. The van der Waals surface area contributed by atoms with Crippen LogP contribution >= 0.6 is 11.3 Å². The Labute approximate surface area is 102 Å². The van der Waals surface area contributed by atoms with Crippen LogP contribution in [0.15, 0.2) is 6.07 Å². The largest absolute Gasteiger partial charge is 0.293 e. The standard InChI is InChI=1S/C14H20OS/c1-14(2,3)8-7-11(15)13-9-10-5-4-6-12(10)16-13/h9H,4-8H2,1-3H3. The van der Waals surface area contributed by atoms with Gasteiger partial charge in [0.2, 0.25) is 0 Å². The fraction of sp³-hybridized carbons (Fsp3) is 0.643. The van der Waals surface area contributed by atoms with Crippen LogP contribution in [0.25, 0.3) is 0 Å². The maximum Gasteiger partial charge on any atom is 0.172 e. The van der Waals surface area contributed by atoms with E-state index in [-0.39, 0.29) is 5.41 Å². The first-order valence-corrected chi connectivity index (χ1v) is 6.92. The highest BCUT2D eigenvalue weighted by atomic mass is 32.1. The molecule has 1 aromatic rings. The van der Waals surface area contributed by atoms with E-state index in [9.17, 15) is 4.79 Å². The van der Waals surface area contributed by atoms with Crippen LogP contribution in [-0.2, 0) is 12.8 Å². The molecule has 0 saturated heterocycles. The van der Waals surface area contributed by atoms with E-state index in [0.717, 1.165) is 11.3 Å². The van der Waals surface area contributed by atoms with Gasteiger partial charge in [-0.25, -0.2) is 0 Å². The lowest BCUT2D eigenvalue weighted by atomic mass is 9.89. The third-order valence-corrected chi connectivity index (χ3v) is 4.40. The molecule has 0 aliphatic heterocycles. The van der Waals surface area contributed by atoms with Gasteiger partial charge in [0.15, 0.2) is 5.78 Å². The number of aryl methyl sites for hydroxylation is 2. The summed E-state index contributed by atoms with van der Waals surface area (Å²) >= 11 is 1.73. The van der Waals surface area contributed by atoms with Gasteiger partial charge >= 0.3 is 0 Å². The number of hydrogen-bond acceptors (Lipinski definition) is 2. The van der Waals surface area contributed by atoms with Gasteiger partial charge in [-0.3, -0.25) is 4.79 Å². The number of hydrogen-bond donors (Lipinski definition) is 0. The van der Waals surface area contributed by atoms with Gasteiger partial charge in [0.25, 0.3) is 0 Å². The molecule has 2 heteroatoms. The third kappa shape index (κ3) is 2.73. The van der Waals surface area contributed by atoms with Crippen molar-refractivity contribution in [3.05, 3.63) is 21.4 Å². The zero-order valence-electron chi connectivity index (χ0n) is 10.4. The van der Waals surface area contributed by atoms with Crippen LogP contribution < -0.4 is 0 Å². The molecule has 1 aliphatic rings. The summed E-state index contributed by atoms with van der Waals surface area (Å²) in [5.41, 5.74) is 1.69. The molecule has 88 valence electrons. The lowest BCUT2D eigenvalue weighted by Gasteiger charge is -2.16. The summed E-state index contributed by atoms with van der Waals surface area (Å²) in [5, 5.41) is 0. The van der Waals surface area contributed by atoms with Gasteiger partial charge in [0, 0.05) is 11.3 Å². The number of fused-ring (bicyclic) bond motifs is 1. The van der Waals surface area contributed by atoms with Crippen molar-refractivity contribution < 1.29 is 4.79 Å². The first-order chi connectivity index (χ1) is 7.46. The predicted octanol–water partition coefficient (Wildman–Crippen LogP) is 4.25. The first kappa shape index (κ1) is 11.8. The Balaban J connectivity index is 1.99. The molecule has 0 fully saturated rings. The molecule has 1 aliphatic carbocycles. The minimum atomic E-state index is 0.260. The second-order valence-corrected chi connectivity index (χ2v) is 7.03. The fourth-order valence-corrected chi connectivity index (χ4v) is 3.30. The van der Waals surface area contributed by atoms with Crippen LogP contribution in [0.4, 0.5) is 0 Å². The van der Waals surface area contributed by atoms with E-state index in [0.29, 0.717) is 12.2 Å².